The van der Waals surface area contributed by atoms with Crippen LogP contribution in [-0.2, 0) is 11.3 Å². The molecule has 0 atom stereocenters. The van der Waals surface area contributed by atoms with Crippen molar-refractivity contribution in [3.8, 4) is 0 Å². The molecular weight excluding hydrogens is 388 g/mol. The molecule has 0 unspecified atom stereocenters. The third-order valence-electron chi connectivity index (χ3n) is 5.31. The highest BCUT2D eigenvalue weighted by Crippen LogP contribution is 2.27. The van der Waals surface area contributed by atoms with Crippen LogP contribution in [0.1, 0.15) is 26.3 Å². The lowest BCUT2D eigenvalue weighted by Crippen LogP contribution is -2.39. The van der Waals surface area contributed by atoms with E-state index in [0.717, 1.165) is 42.5 Å². The summed E-state index contributed by atoms with van der Waals surface area (Å²) in [5, 5.41) is 11.0. The Morgan fingerprint density at radius 2 is 1.70 bits per heavy atom. The summed E-state index contributed by atoms with van der Waals surface area (Å²) in [5.41, 5.74) is 2.28. The average Bonchev–Trinajstić information content (AvgIpc) is 2.99. The molecule has 0 aromatic heterocycles. The maximum absolute atomic E-state index is 12.6. The molecule has 2 heterocycles. The summed E-state index contributed by atoms with van der Waals surface area (Å²) in [6.07, 6.45) is 0. The Hall–Kier alpha value is -3.30. The average molecular weight is 410 g/mol. The number of benzene rings is 2. The molecule has 1 fully saturated rings. The quantitative estimate of drug-likeness (QED) is 0.409. The van der Waals surface area contributed by atoms with Gasteiger partial charge in [0.15, 0.2) is 0 Å². The third kappa shape index (κ3) is 3.89. The molecule has 2 aliphatic heterocycles. The Labute approximate surface area is 173 Å². The highest BCUT2D eigenvalue weighted by atomic mass is 16.6. The number of amides is 2. The normalized spacial score (nSPS) is 16.3. The Morgan fingerprint density at radius 3 is 2.37 bits per heavy atom. The molecule has 2 aromatic rings. The monoisotopic (exact) mass is 410 g/mol. The van der Waals surface area contributed by atoms with Crippen molar-refractivity contribution >= 4 is 23.2 Å². The van der Waals surface area contributed by atoms with E-state index in [1.807, 2.05) is 24.1 Å². The largest absolute Gasteiger partial charge is 0.378 e. The van der Waals surface area contributed by atoms with Crippen molar-refractivity contribution in [2.45, 2.75) is 6.54 Å². The zero-order chi connectivity index (χ0) is 21.3. The van der Waals surface area contributed by atoms with Gasteiger partial charge in [-0.25, -0.2) is 0 Å². The lowest BCUT2D eigenvalue weighted by molar-refractivity contribution is -0.384. The second kappa shape index (κ2) is 8.21. The first-order valence-electron chi connectivity index (χ1n) is 9.69. The number of carbonyl (C=O) groups excluding carboxylic acids is 2. The van der Waals surface area contributed by atoms with E-state index in [0.29, 0.717) is 6.54 Å². The summed E-state index contributed by atoms with van der Waals surface area (Å²) in [6.45, 7) is 3.86. The predicted molar refractivity (Wildman–Crippen MR) is 109 cm³/mol. The molecular formula is C21H22N4O5. The Kier molecular flexibility index (Phi) is 5.47. The van der Waals surface area contributed by atoms with E-state index in [9.17, 15) is 19.7 Å². The second-order valence-electron chi connectivity index (χ2n) is 7.45. The van der Waals surface area contributed by atoms with Crippen molar-refractivity contribution in [2.75, 3.05) is 44.9 Å². The van der Waals surface area contributed by atoms with Crippen LogP contribution in [0, 0.1) is 10.1 Å². The number of nitrogens with zero attached hydrogens (tertiary/aromatic N) is 4. The van der Waals surface area contributed by atoms with Crippen LogP contribution in [0.15, 0.2) is 42.5 Å². The first-order valence-corrected chi connectivity index (χ1v) is 9.69. The number of hydrogen-bond acceptors (Lipinski definition) is 7. The Morgan fingerprint density at radius 1 is 1.03 bits per heavy atom. The number of rotatable bonds is 6. The van der Waals surface area contributed by atoms with Gasteiger partial charge in [0.1, 0.15) is 0 Å². The fraction of sp³-hybridized carbons (Fsp3) is 0.333. The predicted octanol–water partition coefficient (Wildman–Crippen LogP) is 2.12. The van der Waals surface area contributed by atoms with Crippen LogP contribution in [0.3, 0.4) is 0 Å². The van der Waals surface area contributed by atoms with Gasteiger partial charge in [-0.2, -0.15) is 0 Å². The number of imide groups is 1. The van der Waals surface area contributed by atoms with Gasteiger partial charge in [-0.05, 0) is 30.8 Å². The molecule has 2 aromatic carbocycles. The van der Waals surface area contributed by atoms with Crippen molar-refractivity contribution in [1.82, 2.24) is 9.80 Å². The van der Waals surface area contributed by atoms with Crippen molar-refractivity contribution < 1.29 is 19.2 Å². The number of ether oxygens (including phenoxy) is 1. The van der Waals surface area contributed by atoms with Gasteiger partial charge in [0.25, 0.3) is 17.5 Å². The topological polar surface area (TPSA) is 96.2 Å². The summed E-state index contributed by atoms with van der Waals surface area (Å²) in [5.74, 6) is -0.937. The molecule has 30 heavy (non-hydrogen) atoms. The highest BCUT2D eigenvalue weighted by Gasteiger charge is 2.37. The molecule has 0 bridgehead atoms. The zero-order valence-electron chi connectivity index (χ0n) is 16.6. The van der Waals surface area contributed by atoms with E-state index in [1.165, 1.54) is 18.2 Å². The number of anilines is 1. The van der Waals surface area contributed by atoms with Gasteiger partial charge in [0, 0.05) is 37.5 Å². The van der Waals surface area contributed by atoms with Gasteiger partial charge in [0.05, 0.1) is 35.9 Å². The van der Waals surface area contributed by atoms with Gasteiger partial charge >= 0.3 is 0 Å². The molecule has 0 spiro atoms. The maximum Gasteiger partial charge on any atom is 0.270 e. The molecule has 9 nitrogen and oxygen atoms in total. The number of nitro groups is 1. The third-order valence-corrected chi connectivity index (χ3v) is 5.31. The molecule has 0 aliphatic carbocycles. The number of morpholine rings is 1. The van der Waals surface area contributed by atoms with E-state index < -0.39 is 16.7 Å². The summed E-state index contributed by atoms with van der Waals surface area (Å²) >= 11 is 0. The maximum atomic E-state index is 12.6. The van der Waals surface area contributed by atoms with E-state index in [2.05, 4.69) is 17.0 Å². The van der Waals surface area contributed by atoms with Crippen LogP contribution in [0.2, 0.25) is 0 Å². The molecule has 9 heteroatoms. The minimum atomic E-state index is -0.576. The molecule has 2 aliphatic rings. The minimum absolute atomic E-state index is 0.0810. The van der Waals surface area contributed by atoms with Crippen LogP contribution < -0.4 is 4.90 Å². The van der Waals surface area contributed by atoms with Gasteiger partial charge < -0.3 is 9.64 Å². The fourth-order valence-corrected chi connectivity index (χ4v) is 3.76. The van der Waals surface area contributed by atoms with E-state index in [-0.39, 0.29) is 23.5 Å². The number of fused-ring (bicyclic) bond motifs is 1. The van der Waals surface area contributed by atoms with Crippen molar-refractivity contribution in [2.24, 2.45) is 0 Å². The highest BCUT2D eigenvalue weighted by molar-refractivity contribution is 6.21. The van der Waals surface area contributed by atoms with E-state index in [4.69, 9.17) is 4.74 Å². The molecule has 1 saturated heterocycles. The Balaban J connectivity index is 1.40. The summed E-state index contributed by atoms with van der Waals surface area (Å²) in [6, 6.07) is 12.0. The second-order valence-corrected chi connectivity index (χ2v) is 7.45. The van der Waals surface area contributed by atoms with Gasteiger partial charge in [0.2, 0.25) is 0 Å². The number of carbonyl (C=O) groups is 2. The smallest absolute Gasteiger partial charge is 0.270 e. The minimum Gasteiger partial charge on any atom is -0.378 e. The van der Waals surface area contributed by atoms with Gasteiger partial charge in [-0.3, -0.25) is 29.5 Å². The van der Waals surface area contributed by atoms with Crippen molar-refractivity contribution in [3.05, 3.63) is 69.3 Å². The SMILES string of the molecule is CN(Cc1ccc(N2CCOCC2)cc1)CN1C(=O)c2ccc([N+](=O)[O-])cc2C1=O. The molecule has 2 amide bonds. The lowest BCUT2D eigenvalue weighted by Gasteiger charge is -2.29. The first-order chi connectivity index (χ1) is 14.4. The Bertz CT molecular complexity index is 985. The van der Waals surface area contributed by atoms with Gasteiger partial charge in [-0.1, -0.05) is 12.1 Å². The first kappa shape index (κ1) is 20.0. The molecule has 0 radical (unpaired) electrons. The van der Waals surface area contributed by atoms with E-state index >= 15 is 0 Å². The van der Waals surface area contributed by atoms with Crippen LogP contribution in [0.5, 0.6) is 0 Å². The van der Waals surface area contributed by atoms with Crippen molar-refractivity contribution in [3.63, 3.8) is 0 Å². The van der Waals surface area contributed by atoms with Crippen LogP contribution >= 0.6 is 0 Å². The molecule has 4 rings (SSSR count). The van der Waals surface area contributed by atoms with Gasteiger partial charge in [-0.15, -0.1) is 0 Å². The standard InChI is InChI=1S/C21H22N4O5/c1-22(13-15-2-4-16(5-3-15)23-8-10-30-11-9-23)14-24-20(26)18-7-6-17(25(28)29)12-19(18)21(24)27/h2-7,12H,8-11,13-14H2,1H3. The lowest BCUT2D eigenvalue weighted by atomic mass is 10.1. The van der Waals surface area contributed by atoms with Crippen LogP contribution in [0.4, 0.5) is 11.4 Å². The fourth-order valence-electron chi connectivity index (χ4n) is 3.76. The van der Waals surface area contributed by atoms with E-state index in [1.54, 1.807) is 0 Å². The van der Waals surface area contributed by atoms with Crippen LogP contribution in [0.25, 0.3) is 0 Å². The molecule has 0 saturated carbocycles. The molecule has 0 N–H and O–H groups in total. The number of hydrogen-bond donors (Lipinski definition) is 0. The van der Waals surface area contributed by atoms with Crippen LogP contribution in [-0.4, -0.2) is 66.6 Å². The molecule has 156 valence electrons. The number of non-ortho nitro benzene ring substituents is 1. The summed E-state index contributed by atoms with van der Waals surface area (Å²) in [7, 11) is 1.82. The van der Waals surface area contributed by atoms with Crippen molar-refractivity contribution in [1.29, 1.82) is 0 Å². The zero-order valence-corrected chi connectivity index (χ0v) is 16.6. The summed E-state index contributed by atoms with van der Waals surface area (Å²) < 4.78 is 5.38. The number of nitro benzene ring substituents is 1. The summed E-state index contributed by atoms with van der Waals surface area (Å²) in [4.78, 5) is 40.9.